The summed E-state index contributed by atoms with van der Waals surface area (Å²) in [6.07, 6.45) is 0.972. The Kier molecular flexibility index (Phi) is 9.15. The third-order valence-corrected chi connectivity index (χ3v) is 8.17. The number of hydrogen-bond donors (Lipinski definition) is 2. The Labute approximate surface area is 257 Å². The van der Waals surface area contributed by atoms with E-state index in [2.05, 4.69) is 25.3 Å². The van der Waals surface area contributed by atoms with E-state index in [0.29, 0.717) is 67.1 Å². The molecule has 0 unspecified atom stereocenters. The summed E-state index contributed by atoms with van der Waals surface area (Å²) in [5, 5.41) is 5.70. The standard InChI is InChI=1S/C31H39N9O4/c1-37(2)26-11-12-40(21-26)28(41)23-5-9-25(10-6-23)33-31(42)32-24-7-3-22(4-8-24)27-34-29(38-13-17-43-18-14-38)36-30(35-27)39-15-19-44-20-16-39/h3-10,26H,11-21H2,1-2H3,(H2,32,33,42)/t26-/m1/s1. The number of nitrogens with one attached hydrogen (secondary N) is 2. The molecule has 0 spiro atoms. The van der Waals surface area contributed by atoms with Crippen molar-refractivity contribution in [2.24, 2.45) is 0 Å². The average molecular weight is 602 g/mol. The van der Waals surface area contributed by atoms with Crippen LogP contribution in [-0.2, 0) is 9.47 Å². The lowest BCUT2D eigenvalue weighted by Gasteiger charge is -2.30. The summed E-state index contributed by atoms with van der Waals surface area (Å²) in [5.41, 5.74) is 2.65. The summed E-state index contributed by atoms with van der Waals surface area (Å²) in [4.78, 5) is 48.3. The Bertz CT molecular complexity index is 1400. The van der Waals surface area contributed by atoms with Crippen molar-refractivity contribution < 1.29 is 19.1 Å². The number of amides is 3. The number of likely N-dealkylation sites (N-methyl/N-ethyl adjacent to an activating group) is 1. The zero-order valence-electron chi connectivity index (χ0n) is 25.2. The molecule has 232 valence electrons. The maximum atomic E-state index is 12.9. The van der Waals surface area contributed by atoms with E-state index in [1.807, 2.05) is 43.3 Å². The largest absolute Gasteiger partial charge is 0.378 e. The number of aromatic nitrogens is 3. The van der Waals surface area contributed by atoms with Crippen LogP contribution in [0.4, 0.5) is 28.1 Å². The van der Waals surface area contributed by atoms with Gasteiger partial charge in [-0.2, -0.15) is 15.0 Å². The van der Waals surface area contributed by atoms with Gasteiger partial charge in [-0.25, -0.2) is 4.79 Å². The molecule has 3 saturated heterocycles. The third kappa shape index (κ3) is 7.07. The quantitative estimate of drug-likeness (QED) is 0.417. The number of carbonyl (C=O) groups excluding carboxylic acids is 2. The molecule has 2 N–H and O–H groups in total. The maximum Gasteiger partial charge on any atom is 0.323 e. The van der Waals surface area contributed by atoms with Gasteiger partial charge in [-0.05, 0) is 69.0 Å². The van der Waals surface area contributed by atoms with Gasteiger partial charge in [0.25, 0.3) is 5.91 Å². The van der Waals surface area contributed by atoms with Crippen LogP contribution in [0.3, 0.4) is 0 Å². The van der Waals surface area contributed by atoms with E-state index in [4.69, 9.17) is 24.4 Å². The molecule has 0 radical (unpaired) electrons. The van der Waals surface area contributed by atoms with Crippen molar-refractivity contribution in [2.75, 3.05) is 100 Å². The van der Waals surface area contributed by atoms with Gasteiger partial charge in [0.2, 0.25) is 11.9 Å². The van der Waals surface area contributed by atoms with Gasteiger partial charge in [-0.3, -0.25) is 4.79 Å². The molecule has 1 atom stereocenters. The van der Waals surface area contributed by atoms with Crippen molar-refractivity contribution in [3.8, 4) is 11.4 Å². The second kappa shape index (κ2) is 13.5. The predicted octanol–water partition coefficient (Wildman–Crippen LogP) is 2.63. The number of rotatable bonds is 7. The second-order valence-corrected chi connectivity index (χ2v) is 11.3. The molecule has 4 heterocycles. The van der Waals surface area contributed by atoms with Gasteiger partial charge in [0.15, 0.2) is 5.82 Å². The molecule has 13 nitrogen and oxygen atoms in total. The van der Waals surface area contributed by atoms with Crippen LogP contribution in [0.25, 0.3) is 11.4 Å². The van der Waals surface area contributed by atoms with Crippen LogP contribution in [0, 0.1) is 0 Å². The molecule has 3 fully saturated rings. The lowest BCUT2D eigenvalue weighted by molar-refractivity contribution is 0.0783. The van der Waals surface area contributed by atoms with E-state index in [1.54, 1.807) is 24.3 Å². The summed E-state index contributed by atoms with van der Waals surface area (Å²) in [7, 11) is 4.08. The Morgan fingerprint density at radius 3 is 1.77 bits per heavy atom. The van der Waals surface area contributed by atoms with Crippen LogP contribution in [-0.4, -0.2) is 123 Å². The molecule has 3 aromatic rings. The lowest BCUT2D eigenvalue weighted by atomic mass is 10.2. The Balaban J connectivity index is 1.09. The van der Waals surface area contributed by atoms with Crippen molar-refractivity contribution in [1.82, 2.24) is 24.8 Å². The highest BCUT2D eigenvalue weighted by molar-refractivity contribution is 6.00. The summed E-state index contributed by atoms with van der Waals surface area (Å²) in [5.74, 6) is 1.84. The SMILES string of the molecule is CN(C)[C@@H]1CCN(C(=O)c2ccc(NC(=O)Nc3ccc(-c4nc(N5CCOCC5)nc(N5CCOCC5)n4)cc3)cc2)C1. The molecule has 13 heteroatoms. The number of anilines is 4. The molecular weight excluding hydrogens is 562 g/mol. The number of hydrogen-bond acceptors (Lipinski definition) is 10. The molecule has 0 aliphatic carbocycles. The summed E-state index contributed by atoms with van der Waals surface area (Å²) in [6, 6.07) is 14.4. The molecule has 3 aliphatic rings. The summed E-state index contributed by atoms with van der Waals surface area (Å²) in [6.45, 7) is 6.89. The van der Waals surface area contributed by atoms with Gasteiger partial charge in [-0.1, -0.05) is 0 Å². The van der Waals surface area contributed by atoms with Crippen molar-refractivity contribution in [3.63, 3.8) is 0 Å². The average Bonchev–Trinajstić information content (AvgIpc) is 3.57. The summed E-state index contributed by atoms with van der Waals surface area (Å²) < 4.78 is 11.0. The lowest BCUT2D eigenvalue weighted by Crippen LogP contribution is -2.40. The number of carbonyl (C=O) groups is 2. The fourth-order valence-electron chi connectivity index (χ4n) is 5.52. The number of ether oxygens (including phenoxy) is 2. The first-order valence-corrected chi connectivity index (χ1v) is 15.1. The number of morpholine rings is 2. The molecule has 3 amide bonds. The monoisotopic (exact) mass is 601 g/mol. The van der Waals surface area contributed by atoms with Gasteiger partial charge < -0.3 is 39.7 Å². The van der Waals surface area contributed by atoms with E-state index >= 15 is 0 Å². The topological polar surface area (TPSA) is 128 Å². The number of nitrogens with zero attached hydrogens (tertiary/aromatic N) is 7. The van der Waals surface area contributed by atoms with E-state index in [0.717, 1.165) is 51.3 Å². The molecule has 2 aromatic carbocycles. The minimum atomic E-state index is -0.380. The molecule has 6 rings (SSSR count). The zero-order valence-corrected chi connectivity index (χ0v) is 25.2. The third-order valence-electron chi connectivity index (χ3n) is 8.17. The Morgan fingerprint density at radius 2 is 1.27 bits per heavy atom. The van der Waals surface area contributed by atoms with E-state index in [-0.39, 0.29) is 11.9 Å². The van der Waals surface area contributed by atoms with Gasteiger partial charge in [0, 0.05) is 67.8 Å². The van der Waals surface area contributed by atoms with Crippen LogP contribution >= 0.6 is 0 Å². The number of likely N-dealkylation sites (tertiary alicyclic amines) is 1. The van der Waals surface area contributed by atoms with Crippen molar-refractivity contribution in [3.05, 3.63) is 54.1 Å². The number of benzene rings is 2. The minimum Gasteiger partial charge on any atom is -0.378 e. The van der Waals surface area contributed by atoms with Gasteiger partial charge in [0.1, 0.15) is 0 Å². The first kappa shape index (κ1) is 29.7. The Morgan fingerprint density at radius 1 is 0.750 bits per heavy atom. The molecular formula is C31H39N9O4. The first-order chi connectivity index (χ1) is 21.4. The highest BCUT2D eigenvalue weighted by Crippen LogP contribution is 2.24. The zero-order chi connectivity index (χ0) is 30.5. The van der Waals surface area contributed by atoms with Crippen LogP contribution in [0.5, 0.6) is 0 Å². The Hall–Kier alpha value is -4.33. The van der Waals surface area contributed by atoms with Crippen molar-refractivity contribution in [2.45, 2.75) is 12.5 Å². The fraction of sp³-hybridized carbons (Fsp3) is 0.452. The highest BCUT2D eigenvalue weighted by Gasteiger charge is 2.28. The molecule has 1 aromatic heterocycles. The van der Waals surface area contributed by atoms with Crippen LogP contribution in [0.1, 0.15) is 16.8 Å². The summed E-state index contributed by atoms with van der Waals surface area (Å²) >= 11 is 0. The van der Waals surface area contributed by atoms with Crippen molar-refractivity contribution >= 4 is 35.2 Å². The molecule has 3 aliphatic heterocycles. The van der Waals surface area contributed by atoms with Gasteiger partial charge in [0.05, 0.1) is 26.4 Å². The van der Waals surface area contributed by atoms with Crippen molar-refractivity contribution in [1.29, 1.82) is 0 Å². The normalized spacial score (nSPS) is 18.9. The van der Waals surface area contributed by atoms with Crippen LogP contribution in [0.15, 0.2) is 48.5 Å². The smallest absolute Gasteiger partial charge is 0.323 e. The first-order valence-electron chi connectivity index (χ1n) is 15.1. The molecule has 0 saturated carbocycles. The maximum absolute atomic E-state index is 12.9. The fourth-order valence-corrected chi connectivity index (χ4v) is 5.52. The predicted molar refractivity (Wildman–Crippen MR) is 168 cm³/mol. The minimum absolute atomic E-state index is 0.0118. The van der Waals surface area contributed by atoms with E-state index in [9.17, 15) is 9.59 Å². The highest BCUT2D eigenvalue weighted by atomic mass is 16.5. The van der Waals surface area contributed by atoms with Gasteiger partial charge >= 0.3 is 6.03 Å². The van der Waals surface area contributed by atoms with Gasteiger partial charge in [-0.15, -0.1) is 0 Å². The van der Waals surface area contributed by atoms with Crippen LogP contribution < -0.4 is 20.4 Å². The van der Waals surface area contributed by atoms with E-state index < -0.39 is 0 Å². The number of urea groups is 1. The second-order valence-electron chi connectivity index (χ2n) is 11.3. The van der Waals surface area contributed by atoms with Crippen LogP contribution in [0.2, 0.25) is 0 Å². The molecule has 0 bridgehead atoms. The molecule has 44 heavy (non-hydrogen) atoms. The van der Waals surface area contributed by atoms with E-state index in [1.165, 1.54) is 0 Å².